The fourth-order valence-electron chi connectivity index (χ4n) is 3.50. The molecule has 1 fully saturated rings. The van der Waals surface area contributed by atoms with Gasteiger partial charge in [0.05, 0.1) is 0 Å². The van der Waals surface area contributed by atoms with E-state index in [1.165, 1.54) is 37.1 Å². The molecule has 1 atom stereocenters. The normalized spacial score (nSPS) is 25.6. The van der Waals surface area contributed by atoms with E-state index in [0.717, 1.165) is 19.4 Å². The third-order valence-electron chi connectivity index (χ3n) is 5.15. The molecule has 1 unspecified atom stereocenters. The molecule has 1 aromatic rings. The number of likely N-dealkylation sites (tertiary alicyclic amines) is 1. The van der Waals surface area contributed by atoms with Crippen molar-refractivity contribution in [1.29, 1.82) is 0 Å². The summed E-state index contributed by atoms with van der Waals surface area (Å²) in [5.41, 5.74) is 2.91. The number of aryl methyl sites for hydroxylation is 1. The first-order valence-corrected chi connectivity index (χ1v) is 7.76. The van der Waals surface area contributed by atoms with E-state index in [2.05, 4.69) is 24.2 Å². The van der Waals surface area contributed by atoms with E-state index in [-0.39, 0.29) is 5.82 Å². The SMILES string of the molecule is CN1CCC(C)(CNC2CCc3cc(F)ccc32)CC1. The van der Waals surface area contributed by atoms with Gasteiger partial charge in [-0.2, -0.15) is 0 Å². The zero-order valence-corrected chi connectivity index (χ0v) is 12.6. The maximum Gasteiger partial charge on any atom is 0.123 e. The molecule has 0 aromatic heterocycles. The first-order chi connectivity index (χ1) is 9.56. The van der Waals surface area contributed by atoms with Crippen LogP contribution in [0.2, 0.25) is 0 Å². The number of nitrogens with zero attached hydrogens (tertiary/aromatic N) is 1. The van der Waals surface area contributed by atoms with Crippen LogP contribution in [0.15, 0.2) is 18.2 Å². The molecule has 0 bridgehead atoms. The molecular formula is C17H25FN2. The number of piperidine rings is 1. The lowest BCUT2D eigenvalue weighted by atomic mass is 9.80. The average Bonchev–Trinajstić information content (AvgIpc) is 2.83. The Kier molecular flexibility index (Phi) is 3.83. The maximum atomic E-state index is 13.2. The molecule has 110 valence electrons. The van der Waals surface area contributed by atoms with Crippen LogP contribution in [0.5, 0.6) is 0 Å². The van der Waals surface area contributed by atoms with Gasteiger partial charge in [0.15, 0.2) is 0 Å². The summed E-state index contributed by atoms with van der Waals surface area (Å²) in [6.07, 6.45) is 4.64. The standard InChI is InChI=1S/C17H25FN2/c1-17(7-9-20(2)10-8-17)12-19-16-6-3-13-11-14(18)4-5-15(13)16/h4-5,11,16,19H,3,6-10,12H2,1-2H3. The highest BCUT2D eigenvalue weighted by Gasteiger charge is 2.30. The van der Waals surface area contributed by atoms with Gasteiger partial charge in [0.1, 0.15) is 5.82 Å². The van der Waals surface area contributed by atoms with Crippen molar-refractivity contribution in [3.63, 3.8) is 0 Å². The molecule has 1 aromatic carbocycles. The second kappa shape index (κ2) is 5.45. The van der Waals surface area contributed by atoms with Crippen LogP contribution >= 0.6 is 0 Å². The van der Waals surface area contributed by atoms with E-state index in [1.807, 2.05) is 6.07 Å². The first kappa shape index (κ1) is 14.0. The Morgan fingerprint density at radius 3 is 2.85 bits per heavy atom. The minimum Gasteiger partial charge on any atom is -0.309 e. The molecule has 0 saturated carbocycles. The van der Waals surface area contributed by atoms with E-state index >= 15 is 0 Å². The van der Waals surface area contributed by atoms with Gasteiger partial charge in [0, 0.05) is 12.6 Å². The van der Waals surface area contributed by atoms with Gasteiger partial charge < -0.3 is 10.2 Å². The third-order valence-corrected chi connectivity index (χ3v) is 5.15. The van der Waals surface area contributed by atoms with Crippen LogP contribution in [0.25, 0.3) is 0 Å². The van der Waals surface area contributed by atoms with Gasteiger partial charge in [0.2, 0.25) is 0 Å². The molecule has 1 aliphatic heterocycles. The van der Waals surface area contributed by atoms with Crippen LogP contribution in [0.1, 0.15) is 43.4 Å². The zero-order valence-electron chi connectivity index (χ0n) is 12.6. The largest absolute Gasteiger partial charge is 0.309 e. The third kappa shape index (κ3) is 2.89. The summed E-state index contributed by atoms with van der Waals surface area (Å²) >= 11 is 0. The van der Waals surface area contributed by atoms with Crippen LogP contribution in [0.3, 0.4) is 0 Å². The average molecular weight is 276 g/mol. The van der Waals surface area contributed by atoms with Gasteiger partial charge in [-0.1, -0.05) is 13.0 Å². The Morgan fingerprint density at radius 1 is 1.35 bits per heavy atom. The summed E-state index contributed by atoms with van der Waals surface area (Å²) in [5.74, 6) is -0.105. The van der Waals surface area contributed by atoms with Crippen LogP contribution < -0.4 is 5.32 Å². The lowest BCUT2D eigenvalue weighted by molar-refractivity contribution is 0.133. The van der Waals surface area contributed by atoms with Crippen LogP contribution in [-0.4, -0.2) is 31.6 Å². The first-order valence-electron chi connectivity index (χ1n) is 7.76. The molecule has 1 saturated heterocycles. The van der Waals surface area contributed by atoms with Crippen molar-refractivity contribution >= 4 is 0 Å². The van der Waals surface area contributed by atoms with Gasteiger partial charge in [-0.05, 0) is 74.5 Å². The van der Waals surface area contributed by atoms with E-state index in [4.69, 9.17) is 0 Å². The quantitative estimate of drug-likeness (QED) is 0.912. The fraction of sp³-hybridized carbons (Fsp3) is 0.647. The summed E-state index contributed by atoms with van der Waals surface area (Å²) in [6, 6.07) is 5.68. The second-order valence-corrected chi connectivity index (χ2v) is 6.93. The number of nitrogens with one attached hydrogen (secondary N) is 1. The van der Waals surface area contributed by atoms with Gasteiger partial charge in [-0.25, -0.2) is 4.39 Å². The van der Waals surface area contributed by atoms with Crippen molar-refractivity contribution in [2.24, 2.45) is 5.41 Å². The molecule has 3 rings (SSSR count). The number of hydrogen-bond donors (Lipinski definition) is 1. The summed E-state index contributed by atoms with van der Waals surface area (Å²) in [6.45, 7) is 5.87. The number of hydrogen-bond acceptors (Lipinski definition) is 2. The van der Waals surface area contributed by atoms with Gasteiger partial charge in [-0.3, -0.25) is 0 Å². The summed E-state index contributed by atoms with van der Waals surface area (Å²) in [4.78, 5) is 2.41. The molecule has 0 amide bonds. The Morgan fingerprint density at radius 2 is 2.10 bits per heavy atom. The van der Waals surface area contributed by atoms with Crippen LogP contribution in [0, 0.1) is 11.2 Å². The van der Waals surface area contributed by atoms with Crippen molar-refractivity contribution < 1.29 is 4.39 Å². The molecule has 1 heterocycles. The summed E-state index contributed by atoms with van der Waals surface area (Å²) in [5, 5.41) is 3.74. The van der Waals surface area contributed by atoms with E-state index in [0.29, 0.717) is 11.5 Å². The zero-order chi connectivity index (χ0) is 14.2. The highest BCUT2D eigenvalue weighted by atomic mass is 19.1. The van der Waals surface area contributed by atoms with Gasteiger partial charge >= 0.3 is 0 Å². The lowest BCUT2D eigenvalue weighted by Crippen LogP contribution is -2.42. The number of rotatable bonds is 3. The Hall–Kier alpha value is -0.930. The predicted octanol–water partition coefficient (Wildman–Crippen LogP) is 3.13. The van der Waals surface area contributed by atoms with Crippen molar-refractivity contribution in [3.8, 4) is 0 Å². The Bertz CT molecular complexity index is 478. The lowest BCUT2D eigenvalue weighted by Gasteiger charge is -2.38. The number of halogens is 1. The minimum absolute atomic E-state index is 0.105. The smallest absolute Gasteiger partial charge is 0.123 e. The molecule has 1 N–H and O–H groups in total. The summed E-state index contributed by atoms with van der Waals surface area (Å²) in [7, 11) is 2.20. The molecule has 0 spiro atoms. The van der Waals surface area contributed by atoms with Crippen molar-refractivity contribution in [1.82, 2.24) is 10.2 Å². The Balaban J connectivity index is 1.60. The fourth-order valence-corrected chi connectivity index (χ4v) is 3.50. The summed E-state index contributed by atoms with van der Waals surface area (Å²) < 4.78 is 13.2. The van der Waals surface area contributed by atoms with Crippen molar-refractivity contribution in [2.45, 2.75) is 38.6 Å². The topological polar surface area (TPSA) is 15.3 Å². The van der Waals surface area contributed by atoms with Crippen molar-refractivity contribution in [2.75, 3.05) is 26.7 Å². The predicted molar refractivity (Wildman–Crippen MR) is 80.3 cm³/mol. The van der Waals surface area contributed by atoms with E-state index in [1.54, 1.807) is 12.1 Å². The van der Waals surface area contributed by atoms with Crippen molar-refractivity contribution in [3.05, 3.63) is 35.1 Å². The minimum atomic E-state index is -0.105. The number of benzene rings is 1. The molecule has 2 nitrogen and oxygen atoms in total. The van der Waals surface area contributed by atoms with Crippen LogP contribution in [-0.2, 0) is 6.42 Å². The molecule has 1 aliphatic carbocycles. The monoisotopic (exact) mass is 276 g/mol. The molecule has 3 heteroatoms. The highest BCUT2D eigenvalue weighted by Crippen LogP contribution is 2.34. The van der Waals surface area contributed by atoms with Gasteiger partial charge in [-0.15, -0.1) is 0 Å². The van der Waals surface area contributed by atoms with E-state index < -0.39 is 0 Å². The number of fused-ring (bicyclic) bond motifs is 1. The Labute approximate surface area is 121 Å². The highest BCUT2D eigenvalue weighted by molar-refractivity contribution is 5.34. The van der Waals surface area contributed by atoms with Gasteiger partial charge in [0.25, 0.3) is 0 Å². The molecule has 2 aliphatic rings. The van der Waals surface area contributed by atoms with E-state index in [9.17, 15) is 4.39 Å². The maximum absolute atomic E-state index is 13.2. The second-order valence-electron chi connectivity index (χ2n) is 6.93. The molecule has 20 heavy (non-hydrogen) atoms. The molecular weight excluding hydrogens is 251 g/mol. The van der Waals surface area contributed by atoms with Crippen LogP contribution in [0.4, 0.5) is 4.39 Å². The molecule has 0 radical (unpaired) electrons.